The second-order valence-corrected chi connectivity index (χ2v) is 3.66. The van der Waals surface area contributed by atoms with Gasteiger partial charge >= 0.3 is 7.12 Å². The summed E-state index contributed by atoms with van der Waals surface area (Å²) in [6.07, 6.45) is -0.0361. The first kappa shape index (κ1) is 11.4. The van der Waals surface area contributed by atoms with Gasteiger partial charge in [-0.25, -0.2) is 0 Å². The smallest absolute Gasteiger partial charge is 0.491 e. The first-order chi connectivity index (χ1) is 6.50. The van der Waals surface area contributed by atoms with E-state index in [4.69, 9.17) is 26.4 Å². The number of rotatable bonds is 3. The van der Waals surface area contributed by atoms with E-state index < -0.39 is 7.12 Å². The van der Waals surface area contributed by atoms with Gasteiger partial charge in [0.05, 0.1) is 6.10 Å². The van der Waals surface area contributed by atoms with E-state index in [1.165, 1.54) is 6.07 Å². The Morgan fingerprint density at radius 1 is 1.36 bits per heavy atom. The Morgan fingerprint density at radius 2 is 2.00 bits per heavy atom. The van der Waals surface area contributed by atoms with E-state index >= 15 is 0 Å². The zero-order valence-electron chi connectivity index (χ0n) is 8.07. The van der Waals surface area contributed by atoms with Crippen molar-refractivity contribution in [2.24, 2.45) is 0 Å². The number of ether oxygens (including phenoxy) is 1. The molecule has 0 bridgehead atoms. The summed E-state index contributed by atoms with van der Waals surface area (Å²) < 4.78 is 5.38. The van der Waals surface area contributed by atoms with Crippen molar-refractivity contribution in [2.45, 2.75) is 20.0 Å². The third-order valence-electron chi connectivity index (χ3n) is 1.62. The fraction of sp³-hybridized carbons (Fsp3) is 0.333. The summed E-state index contributed by atoms with van der Waals surface area (Å²) in [5, 5.41) is 18.6. The fourth-order valence-electron chi connectivity index (χ4n) is 1.08. The average molecular weight is 214 g/mol. The maximum Gasteiger partial charge on any atom is 0.492 e. The van der Waals surface area contributed by atoms with Crippen LogP contribution in [0.15, 0.2) is 18.2 Å². The van der Waals surface area contributed by atoms with Crippen LogP contribution in [0.3, 0.4) is 0 Å². The van der Waals surface area contributed by atoms with Crippen molar-refractivity contribution in [3.63, 3.8) is 0 Å². The SMILES string of the molecule is CC(C)Oc1cc(Cl)ccc1B(O)O. The molecule has 3 nitrogen and oxygen atoms in total. The summed E-state index contributed by atoms with van der Waals surface area (Å²) >= 11 is 5.76. The standard InChI is InChI=1S/C9H12BClO3/c1-6(2)14-9-5-7(11)3-4-8(9)10(12)13/h3-6,12-13H,1-2H3. The number of halogens is 1. The second kappa shape index (κ2) is 4.69. The van der Waals surface area contributed by atoms with Crippen LogP contribution in [0, 0.1) is 0 Å². The van der Waals surface area contributed by atoms with E-state index in [1.54, 1.807) is 12.1 Å². The molecule has 1 aromatic carbocycles. The minimum atomic E-state index is -1.54. The van der Waals surface area contributed by atoms with Gasteiger partial charge in [-0.2, -0.15) is 0 Å². The van der Waals surface area contributed by atoms with Crippen molar-refractivity contribution in [1.29, 1.82) is 0 Å². The first-order valence-corrected chi connectivity index (χ1v) is 4.70. The predicted molar refractivity (Wildman–Crippen MR) is 57.0 cm³/mol. The van der Waals surface area contributed by atoms with Crippen molar-refractivity contribution in [1.82, 2.24) is 0 Å². The Kier molecular flexibility index (Phi) is 3.81. The van der Waals surface area contributed by atoms with Crippen molar-refractivity contribution >= 4 is 24.2 Å². The van der Waals surface area contributed by atoms with E-state index in [0.717, 1.165) is 0 Å². The summed E-state index contributed by atoms with van der Waals surface area (Å²) in [4.78, 5) is 0. The van der Waals surface area contributed by atoms with Crippen LogP contribution < -0.4 is 10.2 Å². The summed E-state index contributed by atoms with van der Waals surface area (Å²) in [6.45, 7) is 3.71. The van der Waals surface area contributed by atoms with Gasteiger partial charge in [-0.05, 0) is 26.0 Å². The third kappa shape index (κ3) is 2.91. The maximum atomic E-state index is 9.04. The molecule has 1 aromatic rings. The van der Waals surface area contributed by atoms with Crippen molar-refractivity contribution in [2.75, 3.05) is 0 Å². The van der Waals surface area contributed by atoms with Gasteiger partial charge in [0.25, 0.3) is 0 Å². The van der Waals surface area contributed by atoms with Crippen molar-refractivity contribution in [3.05, 3.63) is 23.2 Å². The van der Waals surface area contributed by atoms with Crippen LogP contribution in [0.4, 0.5) is 0 Å². The van der Waals surface area contributed by atoms with Crippen LogP contribution >= 0.6 is 11.6 Å². The van der Waals surface area contributed by atoms with E-state index in [1.807, 2.05) is 13.8 Å². The Morgan fingerprint density at radius 3 is 2.50 bits per heavy atom. The highest BCUT2D eigenvalue weighted by Crippen LogP contribution is 2.16. The number of hydrogen-bond acceptors (Lipinski definition) is 3. The highest BCUT2D eigenvalue weighted by atomic mass is 35.5. The molecule has 0 unspecified atom stereocenters. The molecule has 0 aromatic heterocycles. The van der Waals surface area contributed by atoms with E-state index in [-0.39, 0.29) is 6.10 Å². The van der Waals surface area contributed by atoms with Gasteiger partial charge in [-0.15, -0.1) is 0 Å². The molecule has 0 radical (unpaired) electrons. The van der Waals surface area contributed by atoms with Crippen LogP contribution in [-0.2, 0) is 0 Å². The van der Waals surface area contributed by atoms with Gasteiger partial charge in [-0.1, -0.05) is 17.7 Å². The normalized spacial score (nSPS) is 10.4. The molecule has 0 aliphatic heterocycles. The Bertz CT molecular complexity index is 315. The number of benzene rings is 1. The van der Waals surface area contributed by atoms with Gasteiger partial charge in [0.1, 0.15) is 5.75 Å². The molecule has 0 heterocycles. The van der Waals surface area contributed by atoms with Gasteiger partial charge in [-0.3, -0.25) is 0 Å². The van der Waals surface area contributed by atoms with Crippen LogP contribution in [0.1, 0.15) is 13.8 Å². The topological polar surface area (TPSA) is 49.7 Å². The lowest BCUT2D eigenvalue weighted by atomic mass is 9.79. The molecule has 0 atom stereocenters. The average Bonchev–Trinajstić information content (AvgIpc) is 2.01. The third-order valence-corrected chi connectivity index (χ3v) is 1.85. The zero-order valence-corrected chi connectivity index (χ0v) is 8.82. The summed E-state index contributed by atoms with van der Waals surface area (Å²) in [5.74, 6) is 0.405. The van der Waals surface area contributed by atoms with Gasteiger partial charge < -0.3 is 14.8 Å². The minimum absolute atomic E-state index is 0.0361. The molecule has 14 heavy (non-hydrogen) atoms. The molecule has 0 saturated carbocycles. The second-order valence-electron chi connectivity index (χ2n) is 3.22. The fourth-order valence-corrected chi connectivity index (χ4v) is 1.24. The van der Waals surface area contributed by atoms with Gasteiger partial charge in [0, 0.05) is 10.5 Å². The molecule has 0 amide bonds. The van der Waals surface area contributed by atoms with E-state index in [2.05, 4.69) is 0 Å². The lowest BCUT2D eigenvalue weighted by molar-refractivity contribution is 0.243. The molecule has 76 valence electrons. The van der Waals surface area contributed by atoms with Crippen molar-refractivity contribution < 1.29 is 14.8 Å². The van der Waals surface area contributed by atoms with Crippen LogP contribution in [-0.4, -0.2) is 23.3 Å². The molecular weight excluding hydrogens is 202 g/mol. The van der Waals surface area contributed by atoms with Crippen molar-refractivity contribution in [3.8, 4) is 5.75 Å². The molecule has 0 aliphatic carbocycles. The van der Waals surface area contributed by atoms with E-state index in [0.29, 0.717) is 16.2 Å². The number of hydrogen-bond donors (Lipinski definition) is 2. The van der Waals surface area contributed by atoms with Crippen LogP contribution in [0.2, 0.25) is 5.02 Å². The predicted octanol–water partition coefficient (Wildman–Crippen LogP) is 0.807. The van der Waals surface area contributed by atoms with Gasteiger partial charge in [0.2, 0.25) is 0 Å². The summed E-state index contributed by atoms with van der Waals surface area (Å²) in [7, 11) is -1.54. The summed E-state index contributed by atoms with van der Waals surface area (Å²) in [5.41, 5.74) is 0.322. The zero-order chi connectivity index (χ0) is 10.7. The Hall–Kier alpha value is -0.705. The maximum absolute atomic E-state index is 9.04. The quantitative estimate of drug-likeness (QED) is 0.732. The molecule has 2 N–H and O–H groups in total. The Labute approximate surface area is 88.4 Å². The molecule has 0 spiro atoms. The van der Waals surface area contributed by atoms with Crippen LogP contribution in [0.5, 0.6) is 5.75 Å². The summed E-state index contributed by atoms with van der Waals surface area (Å²) in [6, 6.07) is 4.69. The Balaban J connectivity index is 3.03. The minimum Gasteiger partial charge on any atom is -0.491 e. The van der Waals surface area contributed by atoms with Crippen LogP contribution in [0.25, 0.3) is 0 Å². The molecule has 0 fully saturated rings. The van der Waals surface area contributed by atoms with Gasteiger partial charge in [0.15, 0.2) is 0 Å². The highest BCUT2D eigenvalue weighted by Gasteiger charge is 2.17. The van der Waals surface area contributed by atoms with E-state index in [9.17, 15) is 0 Å². The molecule has 0 aliphatic rings. The largest absolute Gasteiger partial charge is 0.492 e. The first-order valence-electron chi connectivity index (χ1n) is 4.33. The lowest BCUT2D eigenvalue weighted by Gasteiger charge is -2.14. The molecule has 5 heteroatoms. The monoisotopic (exact) mass is 214 g/mol. The molecule has 0 saturated heterocycles. The molecular formula is C9H12BClO3. The molecule has 1 rings (SSSR count). The lowest BCUT2D eigenvalue weighted by Crippen LogP contribution is -2.32. The highest BCUT2D eigenvalue weighted by molar-refractivity contribution is 6.59.